The molecule has 0 fully saturated rings. The fourth-order valence-corrected chi connectivity index (χ4v) is 2.23. The van der Waals surface area contributed by atoms with Gasteiger partial charge in [0.05, 0.1) is 25.7 Å². The summed E-state index contributed by atoms with van der Waals surface area (Å²) in [6.07, 6.45) is 0.216. The molecule has 0 amide bonds. The zero-order valence-corrected chi connectivity index (χ0v) is 12.2. The van der Waals surface area contributed by atoms with Crippen molar-refractivity contribution in [2.75, 3.05) is 13.2 Å². The van der Waals surface area contributed by atoms with Crippen LogP contribution in [0, 0.1) is 11.3 Å². The van der Waals surface area contributed by atoms with Gasteiger partial charge in [-0.25, -0.2) is 4.57 Å². The number of alkyl halides is 1. The molecule has 18 heavy (non-hydrogen) atoms. The van der Waals surface area contributed by atoms with Crippen molar-refractivity contribution in [3.05, 3.63) is 0 Å². The highest BCUT2D eigenvalue weighted by molar-refractivity contribution is 7.46. The Morgan fingerprint density at radius 1 is 1.56 bits per heavy atom. The summed E-state index contributed by atoms with van der Waals surface area (Å²) in [6, 6.07) is 1.55. The third-order valence-corrected chi connectivity index (χ3v) is 2.51. The van der Waals surface area contributed by atoms with Crippen molar-refractivity contribution < 1.29 is 23.7 Å². The van der Waals surface area contributed by atoms with E-state index in [4.69, 9.17) is 31.4 Å². The van der Waals surface area contributed by atoms with Crippen molar-refractivity contribution in [2.24, 2.45) is 0 Å². The maximum Gasteiger partial charge on any atom is 0.486 e. The van der Waals surface area contributed by atoms with Crippen LogP contribution in [-0.2, 0) is 13.9 Å². The minimum Gasteiger partial charge on any atom is -0.377 e. The normalized spacial score (nSPS) is 15.7. The average molecular weight is 301 g/mol. The van der Waals surface area contributed by atoms with Crippen LogP contribution < -0.4 is 0 Å². The number of hydroxylamine groups is 2. The molecule has 0 aliphatic rings. The summed E-state index contributed by atoms with van der Waals surface area (Å²) in [4.78, 5) is 16.4. The molecule has 0 radical (unpaired) electrons. The molecule has 1 atom stereocenters. The van der Waals surface area contributed by atoms with Crippen LogP contribution in [0.2, 0.25) is 0 Å². The Balaban J connectivity index is 4.57. The van der Waals surface area contributed by atoms with Crippen LogP contribution in [0.5, 0.6) is 0 Å². The van der Waals surface area contributed by atoms with Gasteiger partial charge in [-0.05, 0) is 20.8 Å². The second-order valence-electron chi connectivity index (χ2n) is 4.09. The third-order valence-electron chi connectivity index (χ3n) is 1.85. The molecular weight excluding hydrogens is 283 g/mol. The van der Waals surface area contributed by atoms with Gasteiger partial charge in [0.15, 0.2) is 0 Å². The first-order valence-electron chi connectivity index (χ1n) is 5.28. The van der Waals surface area contributed by atoms with Crippen molar-refractivity contribution in [2.45, 2.75) is 38.2 Å². The van der Waals surface area contributed by atoms with E-state index >= 15 is 0 Å². The van der Waals surface area contributed by atoms with E-state index in [0.717, 1.165) is 5.06 Å². The highest BCUT2D eigenvalue weighted by atomic mass is 35.5. The van der Waals surface area contributed by atoms with Crippen LogP contribution in [0.1, 0.15) is 27.2 Å². The lowest BCUT2D eigenvalue weighted by molar-refractivity contribution is -0.163. The molecule has 0 aromatic heterocycles. The Morgan fingerprint density at radius 3 is 2.50 bits per heavy atom. The predicted octanol–water partition coefficient (Wildman–Crippen LogP) is 1.61. The molecule has 0 spiro atoms. The van der Waals surface area contributed by atoms with Crippen molar-refractivity contribution in [3.8, 4) is 6.07 Å². The summed E-state index contributed by atoms with van der Waals surface area (Å²) in [5.41, 5.74) is 0. The number of nitrogens with zero attached hydrogens (tertiary/aromatic N) is 2. The Labute approximate surface area is 111 Å². The van der Waals surface area contributed by atoms with Gasteiger partial charge in [0.25, 0.3) is 0 Å². The topological polar surface area (TPSA) is 103 Å². The standard InChI is InChI=1S/C9H18ClN2O5P/c1-8(2)12(17-18(13,14)15)9(3,10)7-16-6-4-5-11/h8H,4,6-7H2,1-3H3,(H2,13,14,15). The van der Waals surface area contributed by atoms with Crippen LogP contribution in [0.3, 0.4) is 0 Å². The molecule has 0 rings (SSSR count). The SMILES string of the molecule is CC(C)N(OP(=O)(O)O)C(C)(Cl)COCCC#N. The van der Waals surface area contributed by atoms with E-state index < -0.39 is 12.8 Å². The van der Waals surface area contributed by atoms with Crippen LogP contribution in [-0.4, -0.2) is 39.1 Å². The fraction of sp³-hybridized carbons (Fsp3) is 0.889. The summed E-state index contributed by atoms with van der Waals surface area (Å²) in [7, 11) is -4.68. The number of nitriles is 1. The summed E-state index contributed by atoms with van der Waals surface area (Å²) in [5.74, 6) is 0. The molecule has 2 N–H and O–H groups in total. The number of hydrogen-bond acceptors (Lipinski definition) is 5. The lowest BCUT2D eigenvalue weighted by atomic mass is 10.3. The first-order chi connectivity index (χ1) is 8.10. The van der Waals surface area contributed by atoms with Gasteiger partial charge in [-0.2, -0.15) is 14.9 Å². The van der Waals surface area contributed by atoms with Crippen molar-refractivity contribution in [3.63, 3.8) is 0 Å². The van der Waals surface area contributed by atoms with Crippen LogP contribution in [0.15, 0.2) is 0 Å². The molecule has 9 heteroatoms. The second-order valence-corrected chi connectivity index (χ2v) is 6.05. The zero-order valence-electron chi connectivity index (χ0n) is 10.5. The van der Waals surface area contributed by atoms with Gasteiger partial charge in [0.1, 0.15) is 5.00 Å². The second kappa shape index (κ2) is 7.41. The van der Waals surface area contributed by atoms with Crippen molar-refractivity contribution in [1.29, 1.82) is 5.26 Å². The quantitative estimate of drug-likeness (QED) is 0.231. The van der Waals surface area contributed by atoms with Gasteiger partial charge in [0.2, 0.25) is 0 Å². The Kier molecular flexibility index (Phi) is 7.33. The smallest absolute Gasteiger partial charge is 0.377 e. The van der Waals surface area contributed by atoms with Gasteiger partial charge in [-0.3, -0.25) is 0 Å². The first-order valence-corrected chi connectivity index (χ1v) is 7.19. The average Bonchev–Trinajstić information content (AvgIpc) is 2.19. The van der Waals surface area contributed by atoms with E-state index in [-0.39, 0.29) is 25.7 Å². The maximum atomic E-state index is 10.9. The summed E-state index contributed by atoms with van der Waals surface area (Å²) in [5, 5.41) is 9.33. The van der Waals surface area contributed by atoms with Gasteiger partial charge < -0.3 is 14.5 Å². The lowest BCUT2D eigenvalue weighted by Gasteiger charge is -2.37. The number of halogens is 1. The molecule has 0 saturated heterocycles. The minimum absolute atomic E-state index is 0.0333. The Morgan fingerprint density at radius 2 is 2.11 bits per heavy atom. The van der Waals surface area contributed by atoms with E-state index in [1.54, 1.807) is 13.8 Å². The molecule has 1 unspecified atom stereocenters. The monoisotopic (exact) mass is 300 g/mol. The van der Waals surface area contributed by atoms with Crippen molar-refractivity contribution in [1.82, 2.24) is 5.06 Å². The highest BCUT2D eigenvalue weighted by Crippen LogP contribution is 2.41. The van der Waals surface area contributed by atoms with Crippen LogP contribution in [0.25, 0.3) is 0 Å². The molecule has 0 aliphatic carbocycles. The summed E-state index contributed by atoms with van der Waals surface area (Å²) in [6.45, 7) is 5.02. The lowest BCUT2D eigenvalue weighted by Crippen LogP contribution is -2.48. The highest BCUT2D eigenvalue weighted by Gasteiger charge is 2.37. The molecule has 7 nitrogen and oxygen atoms in total. The zero-order chi connectivity index (χ0) is 14.4. The van der Waals surface area contributed by atoms with Gasteiger partial charge in [0, 0.05) is 6.04 Å². The van der Waals surface area contributed by atoms with Crippen LogP contribution in [0.4, 0.5) is 0 Å². The number of ether oxygens (including phenoxy) is 1. The minimum atomic E-state index is -4.68. The summed E-state index contributed by atoms with van der Waals surface area (Å²) < 4.78 is 20.6. The van der Waals surface area contributed by atoms with Gasteiger partial charge in [-0.1, -0.05) is 11.6 Å². The van der Waals surface area contributed by atoms with Crippen LogP contribution >= 0.6 is 19.4 Å². The number of hydrogen-bond donors (Lipinski definition) is 2. The van der Waals surface area contributed by atoms with E-state index in [0.29, 0.717) is 0 Å². The molecule has 0 heterocycles. The largest absolute Gasteiger partial charge is 0.486 e. The molecule has 0 aromatic carbocycles. The van der Waals surface area contributed by atoms with E-state index in [2.05, 4.69) is 4.62 Å². The molecule has 106 valence electrons. The Hall–Kier alpha value is -0.190. The predicted molar refractivity (Wildman–Crippen MR) is 65.4 cm³/mol. The molecule has 0 aliphatic heterocycles. The first kappa shape index (κ1) is 17.8. The molecule has 0 saturated carbocycles. The molecule has 0 bridgehead atoms. The number of phosphoric acid groups is 1. The molecule has 0 aromatic rings. The fourth-order valence-electron chi connectivity index (χ4n) is 1.27. The van der Waals surface area contributed by atoms with Crippen molar-refractivity contribution >= 4 is 19.4 Å². The maximum absolute atomic E-state index is 10.9. The Bertz CT molecular complexity index is 338. The number of rotatable bonds is 8. The molecular formula is C9H18ClN2O5P. The van der Waals surface area contributed by atoms with E-state index in [9.17, 15) is 4.57 Å². The third kappa shape index (κ3) is 7.29. The van der Waals surface area contributed by atoms with E-state index in [1.807, 2.05) is 6.07 Å². The summed E-state index contributed by atoms with van der Waals surface area (Å²) >= 11 is 6.13. The van der Waals surface area contributed by atoms with Gasteiger partial charge in [-0.15, -0.1) is 0 Å². The van der Waals surface area contributed by atoms with Gasteiger partial charge >= 0.3 is 7.82 Å². The van der Waals surface area contributed by atoms with E-state index in [1.165, 1.54) is 6.92 Å².